The third kappa shape index (κ3) is 6.53. The molecule has 1 saturated heterocycles. The van der Waals surface area contributed by atoms with Gasteiger partial charge in [-0.1, -0.05) is 43.2 Å². The van der Waals surface area contributed by atoms with Gasteiger partial charge in [0.1, 0.15) is 0 Å². The molecule has 0 spiro atoms. The van der Waals surface area contributed by atoms with E-state index in [4.69, 9.17) is 4.98 Å². The van der Waals surface area contributed by atoms with Crippen LogP contribution in [0.4, 0.5) is 24.8 Å². The summed E-state index contributed by atoms with van der Waals surface area (Å²) in [6, 6.07) is 21.6. The Labute approximate surface area is 237 Å². The Balaban J connectivity index is 1.09. The molecule has 2 N–H and O–H groups in total. The fourth-order valence-corrected chi connectivity index (χ4v) is 5.95. The van der Waals surface area contributed by atoms with E-state index in [2.05, 4.69) is 37.7 Å². The molecule has 1 aliphatic carbocycles. The quantitative estimate of drug-likeness (QED) is 0.275. The number of hydrogen-bond acceptors (Lipinski definition) is 6. The van der Waals surface area contributed by atoms with E-state index in [0.29, 0.717) is 23.7 Å². The smallest absolute Gasteiger partial charge is 0.370 e. The summed E-state index contributed by atoms with van der Waals surface area (Å²) in [6.45, 7) is 1.83. The zero-order valence-electron chi connectivity index (χ0n) is 22.8. The first-order chi connectivity index (χ1) is 19.9. The molecular formula is C31H34F3N7. The van der Waals surface area contributed by atoms with Crippen LogP contribution >= 0.6 is 0 Å². The first kappa shape index (κ1) is 27.3. The highest BCUT2D eigenvalue weighted by atomic mass is 19.4. The van der Waals surface area contributed by atoms with Crippen molar-refractivity contribution in [2.24, 2.45) is 0 Å². The maximum Gasteiger partial charge on any atom is 0.435 e. The van der Waals surface area contributed by atoms with Crippen LogP contribution in [0, 0.1) is 0 Å². The van der Waals surface area contributed by atoms with E-state index >= 15 is 0 Å². The van der Waals surface area contributed by atoms with E-state index < -0.39 is 11.9 Å². The molecule has 1 saturated carbocycles. The van der Waals surface area contributed by atoms with E-state index in [-0.39, 0.29) is 6.04 Å². The third-order valence-corrected chi connectivity index (χ3v) is 8.04. The van der Waals surface area contributed by atoms with Crippen LogP contribution in [-0.4, -0.2) is 51.0 Å². The number of piperidine rings is 1. The molecule has 214 valence electrons. The van der Waals surface area contributed by atoms with Gasteiger partial charge in [0.2, 0.25) is 5.95 Å². The average Bonchev–Trinajstić information content (AvgIpc) is 3.51. The van der Waals surface area contributed by atoms with Gasteiger partial charge in [0.05, 0.1) is 11.4 Å². The Morgan fingerprint density at radius 2 is 1.56 bits per heavy atom. The highest BCUT2D eigenvalue weighted by molar-refractivity contribution is 5.59. The molecule has 1 aliphatic heterocycles. The Hall–Kier alpha value is -3.92. The largest absolute Gasteiger partial charge is 0.435 e. The van der Waals surface area contributed by atoms with E-state index in [0.717, 1.165) is 61.8 Å². The highest BCUT2D eigenvalue weighted by Crippen LogP contribution is 2.29. The van der Waals surface area contributed by atoms with Crippen LogP contribution in [0.1, 0.15) is 44.2 Å². The SMILES string of the molecule is FC(F)(F)c1ccn(-c2ccc(N3CCC[C@H](NC4CCCCC4Nc4nccc(-c5ccccc5)n4)C3)cc2)n1. The Morgan fingerprint density at radius 3 is 2.32 bits per heavy atom. The summed E-state index contributed by atoms with van der Waals surface area (Å²) in [5.41, 5.74) is 2.75. The molecule has 0 bridgehead atoms. The number of hydrogen-bond donors (Lipinski definition) is 2. The van der Waals surface area contributed by atoms with Crippen molar-refractivity contribution in [1.82, 2.24) is 25.1 Å². The Morgan fingerprint density at radius 1 is 0.805 bits per heavy atom. The second-order valence-electron chi connectivity index (χ2n) is 10.9. The van der Waals surface area contributed by atoms with Crippen molar-refractivity contribution in [3.05, 3.63) is 84.8 Å². The highest BCUT2D eigenvalue weighted by Gasteiger charge is 2.34. The predicted molar refractivity (Wildman–Crippen MR) is 154 cm³/mol. The van der Waals surface area contributed by atoms with Crippen molar-refractivity contribution in [3.8, 4) is 16.9 Å². The lowest BCUT2D eigenvalue weighted by atomic mass is 9.89. The molecule has 2 aliphatic rings. The van der Waals surface area contributed by atoms with Crippen LogP contribution in [0.3, 0.4) is 0 Å². The average molecular weight is 562 g/mol. The lowest BCUT2D eigenvalue weighted by molar-refractivity contribution is -0.141. The van der Waals surface area contributed by atoms with Crippen LogP contribution in [-0.2, 0) is 6.18 Å². The van der Waals surface area contributed by atoms with Gasteiger partial charge < -0.3 is 15.5 Å². The van der Waals surface area contributed by atoms with Crippen LogP contribution in [0.25, 0.3) is 16.9 Å². The monoisotopic (exact) mass is 561 g/mol. The zero-order valence-corrected chi connectivity index (χ0v) is 22.8. The molecule has 0 amide bonds. The topological polar surface area (TPSA) is 70.9 Å². The van der Waals surface area contributed by atoms with E-state index in [1.807, 2.05) is 54.7 Å². The number of aromatic nitrogens is 4. The van der Waals surface area contributed by atoms with Crippen LogP contribution in [0.15, 0.2) is 79.1 Å². The lowest BCUT2D eigenvalue weighted by Gasteiger charge is -2.40. The summed E-state index contributed by atoms with van der Waals surface area (Å²) < 4.78 is 40.1. The molecule has 2 aromatic carbocycles. The molecule has 2 fully saturated rings. The molecular weight excluding hydrogens is 527 g/mol. The zero-order chi connectivity index (χ0) is 28.2. The van der Waals surface area contributed by atoms with Crippen molar-refractivity contribution in [2.75, 3.05) is 23.3 Å². The number of benzene rings is 2. The number of nitrogens with one attached hydrogen (secondary N) is 2. The van der Waals surface area contributed by atoms with Gasteiger partial charge in [-0.05, 0) is 62.1 Å². The van der Waals surface area contributed by atoms with Crippen molar-refractivity contribution in [2.45, 2.75) is 62.8 Å². The van der Waals surface area contributed by atoms with Gasteiger partial charge in [0, 0.05) is 54.9 Å². The summed E-state index contributed by atoms with van der Waals surface area (Å²) in [5.74, 6) is 0.662. The number of alkyl halides is 3. The van der Waals surface area contributed by atoms with Gasteiger partial charge in [0.25, 0.3) is 0 Å². The molecule has 2 aromatic heterocycles. The molecule has 7 nitrogen and oxygen atoms in total. The summed E-state index contributed by atoms with van der Waals surface area (Å²) >= 11 is 0. The van der Waals surface area contributed by atoms with Crippen molar-refractivity contribution in [1.29, 1.82) is 0 Å². The second kappa shape index (κ2) is 11.9. The number of halogens is 3. The normalized spacial score (nSPS) is 21.5. The number of anilines is 2. The van der Waals surface area contributed by atoms with Gasteiger partial charge in [-0.3, -0.25) is 0 Å². The summed E-state index contributed by atoms with van der Waals surface area (Å²) in [6.07, 6.45) is 5.42. The second-order valence-corrected chi connectivity index (χ2v) is 10.9. The maximum atomic E-state index is 12.9. The standard InChI is InChI=1S/C31H34F3N7/c32-31(33,34)29-17-20-41(39-29)25-14-12-24(13-15-25)40-19-6-9-23(21-40)36-27-10-4-5-11-28(27)38-30-35-18-16-26(37-30)22-7-2-1-3-8-22/h1-3,7-8,12-18,20,23,27-28,36H,4-6,9-11,19,21H2,(H,35,37,38)/t23-,27?,28?/m0/s1. The Kier molecular flexibility index (Phi) is 7.91. The molecule has 3 atom stereocenters. The molecule has 0 radical (unpaired) electrons. The molecule has 4 aromatic rings. The molecule has 2 unspecified atom stereocenters. The third-order valence-electron chi connectivity index (χ3n) is 8.04. The fourth-order valence-electron chi connectivity index (χ4n) is 5.95. The van der Waals surface area contributed by atoms with Crippen molar-refractivity contribution < 1.29 is 13.2 Å². The molecule has 3 heterocycles. The predicted octanol–water partition coefficient (Wildman–Crippen LogP) is 6.33. The van der Waals surface area contributed by atoms with Gasteiger partial charge >= 0.3 is 6.18 Å². The molecule has 10 heteroatoms. The minimum absolute atomic E-state index is 0.250. The van der Waals surface area contributed by atoms with E-state index in [9.17, 15) is 13.2 Å². The summed E-state index contributed by atoms with van der Waals surface area (Å²) in [4.78, 5) is 11.7. The van der Waals surface area contributed by atoms with Gasteiger partial charge in [-0.2, -0.15) is 18.3 Å². The summed E-state index contributed by atoms with van der Waals surface area (Å²) in [5, 5.41) is 11.3. The van der Waals surface area contributed by atoms with E-state index in [1.54, 1.807) is 0 Å². The van der Waals surface area contributed by atoms with Crippen molar-refractivity contribution in [3.63, 3.8) is 0 Å². The van der Waals surface area contributed by atoms with Gasteiger partial charge in [-0.15, -0.1) is 0 Å². The van der Waals surface area contributed by atoms with Crippen LogP contribution in [0.5, 0.6) is 0 Å². The first-order valence-corrected chi connectivity index (χ1v) is 14.3. The van der Waals surface area contributed by atoms with E-state index in [1.165, 1.54) is 23.7 Å². The minimum atomic E-state index is -4.45. The van der Waals surface area contributed by atoms with Crippen molar-refractivity contribution >= 4 is 11.6 Å². The van der Waals surface area contributed by atoms with Gasteiger partial charge in [-0.25, -0.2) is 14.6 Å². The maximum absolute atomic E-state index is 12.9. The number of rotatable bonds is 7. The molecule has 41 heavy (non-hydrogen) atoms. The van der Waals surface area contributed by atoms with Crippen LogP contribution in [0.2, 0.25) is 0 Å². The fraction of sp³-hybridized carbons (Fsp3) is 0.387. The molecule has 6 rings (SSSR count). The number of nitrogens with zero attached hydrogens (tertiary/aromatic N) is 5. The summed E-state index contributed by atoms with van der Waals surface area (Å²) in [7, 11) is 0. The minimum Gasteiger partial charge on any atom is -0.370 e. The van der Waals surface area contributed by atoms with Crippen LogP contribution < -0.4 is 15.5 Å². The first-order valence-electron chi connectivity index (χ1n) is 14.3. The lowest BCUT2D eigenvalue weighted by Crippen LogP contribution is -2.55. The Bertz CT molecular complexity index is 1420. The van der Waals surface area contributed by atoms with Gasteiger partial charge in [0.15, 0.2) is 5.69 Å².